The average Bonchev–Trinajstić information content (AvgIpc) is 3.42. The van der Waals surface area contributed by atoms with Gasteiger partial charge in [-0.05, 0) is 51.1 Å². The maximum Gasteiger partial charge on any atom is 0.191 e. The SMILES string of the molecule is CCNC(=NCc1cccc(OC)c1O)NCC(c1ccco1)N1CCCC1.I. The van der Waals surface area contributed by atoms with Gasteiger partial charge in [-0.15, -0.1) is 24.0 Å². The second-order valence-electron chi connectivity index (χ2n) is 6.82. The zero-order valence-corrected chi connectivity index (χ0v) is 19.4. The largest absolute Gasteiger partial charge is 0.504 e. The number of aromatic hydroxyl groups is 1. The van der Waals surface area contributed by atoms with Crippen molar-refractivity contribution in [1.29, 1.82) is 0 Å². The first-order chi connectivity index (χ1) is 13.7. The van der Waals surface area contributed by atoms with Crippen LogP contribution in [0.5, 0.6) is 11.5 Å². The monoisotopic (exact) mass is 514 g/mol. The number of hydrogen-bond donors (Lipinski definition) is 3. The second kappa shape index (κ2) is 11.9. The van der Waals surface area contributed by atoms with Crippen molar-refractivity contribution in [2.24, 2.45) is 4.99 Å². The summed E-state index contributed by atoms with van der Waals surface area (Å²) >= 11 is 0. The number of guanidine groups is 1. The molecule has 8 heteroatoms. The summed E-state index contributed by atoms with van der Waals surface area (Å²) < 4.78 is 10.9. The lowest BCUT2D eigenvalue weighted by molar-refractivity contribution is 0.215. The van der Waals surface area contributed by atoms with E-state index in [-0.39, 0.29) is 35.8 Å². The van der Waals surface area contributed by atoms with Gasteiger partial charge < -0.3 is 24.9 Å². The number of aliphatic imine (C=N–C) groups is 1. The van der Waals surface area contributed by atoms with Crippen molar-refractivity contribution in [2.45, 2.75) is 32.4 Å². The van der Waals surface area contributed by atoms with Crippen LogP contribution < -0.4 is 15.4 Å². The summed E-state index contributed by atoms with van der Waals surface area (Å²) in [6.45, 7) is 6.00. The molecule has 1 aliphatic rings. The van der Waals surface area contributed by atoms with Gasteiger partial charge in [0.2, 0.25) is 0 Å². The molecule has 0 saturated carbocycles. The summed E-state index contributed by atoms with van der Waals surface area (Å²) in [7, 11) is 1.54. The number of furan rings is 1. The van der Waals surface area contributed by atoms with Crippen LogP contribution in [0.1, 0.15) is 37.1 Å². The predicted octanol–water partition coefficient (Wildman–Crippen LogP) is 3.50. The zero-order valence-electron chi connectivity index (χ0n) is 17.1. The maximum absolute atomic E-state index is 10.3. The van der Waals surface area contributed by atoms with Gasteiger partial charge in [0.25, 0.3) is 0 Å². The molecule has 1 unspecified atom stereocenters. The molecule has 1 fully saturated rings. The molecule has 1 aromatic heterocycles. The van der Waals surface area contributed by atoms with E-state index in [0.717, 1.165) is 31.0 Å². The number of nitrogens with one attached hydrogen (secondary N) is 2. The van der Waals surface area contributed by atoms with Gasteiger partial charge >= 0.3 is 0 Å². The third kappa shape index (κ3) is 6.27. The summed E-state index contributed by atoms with van der Waals surface area (Å²) in [6, 6.07) is 9.57. The Bertz CT molecular complexity index is 761. The molecular formula is C21H31IN4O3. The first-order valence-corrected chi connectivity index (χ1v) is 9.87. The van der Waals surface area contributed by atoms with E-state index < -0.39 is 0 Å². The molecule has 3 N–H and O–H groups in total. The Hall–Kier alpha value is -1.94. The van der Waals surface area contributed by atoms with Gasteiger partial charge in [0.05, 0.1) is 26.0 Å². The van der Waals surface area contributed by atoms with Gasteiger partial charge in [-0.2, -0.15) is 0 Å². The number of para-hydroxylation sites is 1. The zero-order chi connectivity index (χ0) is 19.8. The molecule has 3 rings (SSSR count). The molecule has 1 atom stereocenters. The minimum absolute atomic E-state index is 0. The Morgan fingerprint density at radius 1 is 1.24 bits per heavy atom. The lowest BCUT2D eigenvalue weighted by Gasteiger charge is -2.26. The van der Waals surface area contributed by atoms with E-state index in [1.807, 2.05) is 31.2 Å². The van der Waals surface area contributed by atoms with Crippen molar-refractivity contribution in [3.63, 3.8) is 0 Å². The third-order valence-electron chi connectivity index (χ3n) is 4.97. The number of likely N-dealkylation sites (tertiary alicyclic amines) is 1. The van der Waals surface area contributed by atoms with Crippen LogP contribution in [0.3, 0.4) is 0 Å². The van der Waals surface area contributed by atoms with Crippen molar-refractivity contribution in [1.82, 2.24) is 15.5 Å². The summed E-state index contributed by atoms with van der Waals surface area (Å²) in [5.74, 6) is 2.27. The Labute approximate surface area is 189 Å². The highest BCUT2D eigenvalue weighted by Crippen LogP contribution is 2.29. The van der Waals surface area contributed by atoms with E-state index in [2.05, 4.69) is 20.5 Å². The molecule has 0 radical (unpaired) electrons. The number of phenols is 1. The fourth-order valence-corrected chi connectivity index (χ4v) is 3.50. The first-order valence-electron chi connectivity index (χ1n) is 9.87. The van der Waals surface area contributed by atoms with Crippen LogP contribution in [0, 0.1) is 0 Å². The minimum atomic E-state index is 0. The van der Waals surface area contributed by atoms with Crippen LogP contribution in [-0.4, -0.2) is 49.3 Å². The lowest BCUT2D eigenvalue weighted by atomic mass is 10.2. The Morgan fingerprint density at radius 2 is 2.03 bits per heavy atom. The molecular weight excluding hydrogens is 483 g/mol. The van der Waals surface area contributed by atoms with Crippen molar-refractivity contribution in [2.75, 3.05) is 33.3 Å². The number of benzene rings is 1. The molecule has 1 aromatic carbocycles. The molecule has 2 aromatic rings. The predicted molar refractivity (Wildman–Crippen MR) is 125 cm³/mol. The van der Waals surface area contributed by atoms with Gasteiger partial charge in [0, 0.05) is 18.7 Å². The van der Waals surface area contributed by atoms with Gasteiger partial charge in [0.1, 0.15) is 5.76 Å². The van der Waals surface area contributed by atoms with Gasteiger partial charge in [-0.1, -0.05) is 12.1 Å². The average molecular weight is 514 g/mol. The molecule has 2 heterocycles. The summed E-state index contributed by atoms with van der Waals surface area (Å²) in [4.78, 5) is 7.08. The fourth-order valence-electron chi connectivity index (χ4n) is 3.50. The third-order valence-corrected chi connectivity index (χ3v) is 4.97. The lowest BCUT2D eigenvalue weighted by Crippen LogP contribution is -2.42. The Morgan fingerprint density at radius 3 is 2.69 bits per heavy atom. The summed E-state index contributed by atoms with van der Waals surface area (Å²) in [5, 5.41) is 17.0. The molecule has 1 aliphatic heterocycles. The standard InChI is InChI=1S/C21H30N4O3.HI/c1-3-22-21(23-14-16-8-6-9-19(27-2)20(16)26)24-15-17(18-10-7-13-28-18)25-11-4-5-12-25;/h6-10,13,17,26H,3-5,11-12,14-15H2,1-2H3,(H2,22,23,24);1H. The van der Waals surface area contributed by atoms with E-state index in [1.54, 1.807) is 19.4 Å². The van der Waals surface area contributed by atoms with E-state index in [0.29, 0.717) is 24.8 Å². The molecule has 0 spiro atoms. The molecule has 0 amide bonds. The van der Waals surface area contributed by atoms with E-state index >= 15 is 0 Å². The van der Waals surface area contributed by atoms with Crippen LogP contribution in [0.25, 0.3) is 0 Å². The van der Waals surface area contributed by atoms with Crippen molar-refractivity contribution < 1.29 is 14.3 Å². The first kappa shape index (κ1) is 23.3. The normalized spacial score (nSPS) is 15.6. The van der Waals surface area contributed by atoms with Gasteiger partial charge in [0.15, 0.2) is 17.5 Å². The van der Waals surface area contributed by atoms with E-state index in [4.69, 9.17) is 9.15 Å². The Balaban J connectivity index is 0.00000300. The van der Waals surface area contributed by atoms with Crippen LogP contribution in [0.2, 0.25) is 0 Å². The highest BCUT2D eigenvalue weighted by molar-refractivity contribution is 14.0. The number of nitrogens with zero attached hydrogens (tertiary/aromatic N) is 2. The van der Waals surface area contributed by atoms with Crippen molar-refractivity contribution in [3.8, 4) is 11.5 Å². The summed E-state index contributed by atoms with van der Waals surface area (Å²) in [6.07, 6.45) is 4.17. The number of ether oxygens (including phenoxy) is 1. The maximum atomic E-state index is 10.3. The van der Waals surface area contributed by atoms with Gasteiger partial charge in [-0.3, -0.25) is 4.90 Å². The molecule has 0 aliphatic carbocycles. The number of phenolic OH excluding ortho intramolecular Hbond substituents is 1. The number of methoxy groups -OCH3 is 1. The summed E-state index contributed by atoms with van der Waals surface area (Å²) in [5.41, 5.74) is 0.721. The van der Waals surface area contributed by atoms with Gasteiger partial charge in [-0.25, -0.2) is 4.99 Å². The second-order valence-corrected chi connectivity index (χ2v) is 6.82. The molecule has 1 saturated heterocycles. The number of rotatable bonds is 8. The molecule has 0 bridgehead atoms. The van der Waals surface area contributed by atoms with Crippen molar-refractivity contribution in [3.05, 3.63) is 47.9 Å². The highest BCUT2D eigenvalue weighted by Gasteiger charge is 2.25. The van der Waals surface area contributed by atoms with E-state index in [1.165, 1.54) is 12.8 Å². The van der Waals surface area contributed by atoms with Crippen LogP contribution in [-0.2, 0) is 6.54 Å². The number of halogens is 1. The minimum Gasteiger partial charge on any atom is -0.504 e. The molecule has 7 nitrogen and oxygen atoms in total. The fraction of sp³-hybridized carbons (Fsp3) is 0.476. The van der Waals surface area contributed by atoms with Crippen LogP contribution >= 0.6 is 24.0 Å². The van der Waals surface area contributed by atoms with Crippen LogP contribution in [0.4, 0.5) is 0 Å². The number of hydrogen-bond acceptors (Lipinski definition) is 5. The Kier molecular flexibility index (Phi) is 9.59. The topological polar surface area (TPSA) is 82.3 Å². The smallest absolute Gasteiger partial charge is 0.191 e. The van der Waals surface area contributed by atoms with Crippen molar-refractivity contribution >= 4 is 29.9 Å². The molecule has 29 heavy (non-hydrogen) atoms. The van der Waals surface area contributed by atoms with Crippen LogP contribution in [0.15, 0.2) is 46.0 Å². The highest BCUT2D eigenvalue weighted by atomic mass is 127. The van der Waals surface area contributed by atoms with E-state index in [9.17, 15) is 5.11 Å². The quantitative estimate of drug-likeness (QED) is 0.284. The molecule has 160 valence electrons.